The zero-order valence-corrected chi connectivity index (χ0v) is 13.4. The highest BCUT2D eigenvalue weighted by Gasteiger charge is 2.20. The molecule has 0 bridgehead atoms. The van der Waals surface area contributed by atoms with Crippen molar-refractivity contribution in [3.8, 4) is 0 Å². The van der Waals surface area contributed by atoms with Crippen LogP contribution >= 0.6 is 11.3 Å². The molecule has 0 spiro atoms. The Balaban J connectivity index is 2.42. The van der Waals surface area contributed by atoms with Crippen LogP contribution in [0.4, 0.5) is 0 Å². The van der Waals surface area contributed by atoms with Crippen molar-refractivity contribution in [2.24, 2.45) is 5.14 Å². The number of ether oxygens (including phenoxy) is 1. The Labute approximate surface area is 123 Å². The second-order valence-electron chi connectivity index (χ2n) is 5.01. The van der Waals surface area contributed by atoms with Crippen LogP contribution in [0.15, 0.2) is 16.3 Å². The molecular weight excluding hydrogens is 300 g/mol. The molecule has 3 N–H and O–H groups in total. The summed E-state index contributed by atoms with van der Waals surface area (Å²) in [5, 5.41) is 7.81. The summed E-state index contributed by atoms with van der Waals surface area (Å²) in [6.45, 7) is 4.12. The standard InChI is InChI=1S/C12H20N2O4S2/c1-12(2,18-3)8-10(15)14-7-6-9-4-5-11(19-9)20(13,16)17/h4-5H,6-8H2,1-3H3,(H,14,15)(H2,13,16,17). The Hall–Kier alpha value is -0.960. The van der Waals surface area contributed by atoms with E-state index in [2.05, 4.69) is 5.32 Å². The molecule has 1 aromatic rings. The van der Waals surface area contributed by atoms with E-state index in [1.165, 1.54) is 6.07 Å². The van der Waals surface area contributed by atoms with Gasteiger partial charge in [0.15, 0.2) is 0 Å². The van der Waals surface area contributed by atoms with Crippen molar-refractivity contribution in [3.63, 3.8) is 0 Å². The van der Waals surface area contributed by atoms with Gasteiger partial charge in [-0.2, -0.15) is 0 Å². The number of carbonyl (C=O) groups is 1. The summed E-state index contributed by atoms with van der Waals surface area (Å²) < 4.78 is 27.6. The van der Waals surface area contributed by atoms with Crippen LogP contribution < -0.4 is 10.5 Å². The average Bonchev–Trinajstić information content (AvgIpc) is 2.77. The largest absolute Gasteiger partial charge is 0.378 e. The molecule has 0 aromatic carbocycles. The van der Waals surface area contributed by atoms with Gasteiger partial charge in [-0.15, -0.1) is 11.3 Å². The van der Waals surface area contributed by atoms with E-state index in [9.17, 15) is 13.2 Å². The van der Waals surface area contributed by atoms with E-state index in [0.717, 1.165) is 16.2 Å². The second kappa shape index (κ2) is 6.66. The Bertz CT molecular complexity index is 564. The van der Waals surface area contributed by atoms with Crippen molar-refractivity contribution in [2.45, 2.75) is 36.5 Å². The summed E-state index contributed by atoms with van der Waals surface area (Å²) in [5.74, 6) is -0.0972. The van der Waals surface area contributed by atoms with Crippen LogP contribution in [0.1, 0.15) is 25.1 Å². The number of nitrogens with one attached hydrogen (secondary N) is 1. The minimum absolute atomic E-state index is 0.0972. The third kappa shape index (κ3) is 5.58. The number of rotatable bonds is 7. The Morgan fingerprint density at radius 2 is 2.10 bits per heavy atom. The fraction of sp³-hybridized carbons (Fsp3) is 0.583. The van der Waals surface area contributed by atoms with Crippen LogP contribution in [0.5, 0.6) is 0 Å². The quantitative estimate of drug-likeness (QED) is 0.778. The lowest BCUT2D eigenvalue weighted by atomic mass is 10.1. The van der Waals surface area contributed by atoms with E-state index in [4.69, 9.17) is 9.88 Å². The maximum atomic E-state index is 11.7. The number of nitrogens with two attached hydrogens (primary N) is 1. The normalized spacial score (nSPS) is 12.4. The van der Waals surface area contributed by atoms with Crippen LogP contribution in [0.2, 0.25) is 0 Å². The number of sulfonamides is 1. The van der Waals surface area contributed by atoms with Gasteiger partial charge in [-0.05, 0) is 32.4 Å². The smallest absolute Gasteiger partial charge is 0.247 e. The van der Waals surface area contributed by atoms with Gasteiger partial charge in [0.2, 0.25) is 15.9 Å². The number of thiophene rings is 1. The zero-order valence-electron chi connectivity index (χ0n) is 11.8. The summed E-state index contributed by atoms with van der Waals surface area (Å²) in [4.78, 5) is 12.5. The molecule has 1 aromatic heterocycles. The first kappa shape index (κ1) is 17.1. The molecule has 0 saturated carbocycles. The van der Waals surface area contributed by atoms with Crippen molar-refractivity contribution < 1.29 is 17.9 Å². The number of carbonyl (C=O) groups excluding carboxylic acids is 1. The molecule has 0 aliphatic rings. The van der Waals surface area contributed by atoms with Gasteiger partial charge in [0.25, 0.3) is 0 Å². The molecule has 0 fully saturated rings. The number of hydrogen-bond acceptors (Lipinski definition) is 5. The van der Waals surface area contributed by atoms with Gasteiger partial charge >= 0.3 is 0 Å². The van der Waals surface area contributed by atoms with E-state index in [1.807, 2.05) is 13.8 Å². The molecule has 0 aliphatic heterocycles. The summed E-state index contributed by atoms with van der Waals surface area (Å²) >= 11 is 1.12. The zero-order chi connectivity index (χ0) is 15.4. The maximum Gasteiger partial charge on any atom is 0.247 e. The molecule has 1 heterocycles. The molecule has 20 heavy (non-hydrogen) atoms. The minimum atomic E-state index is -3.64. The fourth-order valence-electron chi connectivity index (χ4n) is 1.49. The van der Waals surface area contributed by atoms with Gasteiger partial charge in [-0.1, -0.05) is 0 Å². The lowest BCUT2D eigenvalue weighted by Gasteiger charge is -2.21. The molecule has 0 radical (unpaired) electrons. The first-order valence-corrected chi connectivity index (χ1v) is 8.44. The highest BCUT2D eigenvalue weighted by atomic mass is 32.2. The molecule has 6 nitrogen and oxygen atoms in total. The highest BCUT2D eigenvalue weighted by molar-refractivity contribution is 7.91. The monoisotopic (exact) mass is 320 g/mol. The molecule has 0 unspecified atom stereocenters. The number of hydrogen-bond donors (Lipinski definition) is 2. The minimum Gasteiger partial charge on any atom is -0.378 e. The van der Waals surface area contributed by atoms with E-state index >= 15 is 0 Å². The maximum absolute atomic E-state index is 11.7. The van der Waals surface area contributed by atoms with Crippen molar-refractivity contribution in [2.75, 3.05) is 13.7 Å². The predicted octanol–water partition coefficient (Wildman–Crippen LogP) is 0.869. The van der Waals surface area contributed by atoms with E-state index < -0.39 is 15.6 Å². The molecule has 0 aliphatic carbocycles. The van der Waals surface area contributed by atoms with Crippen molar-refractivity contribution in [3.05, 3.63) is 17.0 Å². The third-order valence-corrected chi connectivity index (χ3v) is 5.33. The number of methoxy groups -OCH3 is 1. The van der Waals surface area contributed by atoms with Gasteiger partial charge < -0.3 is 10.1 Å². The molecule has 114 valence electrons. The third-order valence-electron chi connectivity index (χ3n) is 2.75. The van der Waals surface area contributed by atoms with E-state index in [0.29, 0.717) is 13.0 Å². The number of amides is 1. The lowest BCUT2D eigenvalue weighted by molar-refractivity contribution is -0.126. The number of primary sulfonamides is 1. The Kier molecular flexibility index (Phi) is 5.69. The first-order valence-electron chi connectivity index (χ1n) is 6.07. The molecule has 0 atom stereocenters. The molecular formula is C12H20N2O4S2. The van der Waals surface area contributed by atoms with Gasteiger partial charge in [0, 0.05) is 18.5 Å². The van der Waals surface area contributed by atoms with Crippen LogP contribution in [0.3, 0.4) is 0 Å². The van der Waals surface area contributed by atoms with Crippen LogP contribution in [0, 0.1) is 0 Å². The van der Waals surface area contributed by atoms with Gasteiger partial charge in [0.1, 0.15) is 4.21 Å². The van der Waals surface area contributed by atoms with Crippen LogP contribution in [-0.4, -0.2) is 33.6 Å². The molecule has 0 saturated heterocycles. The SMILES string of the molecule is COC(C)(C)CC(=O)NCCc1ccc(S(N)(=O)=O)s1. The van der Waals surface area contributed by atoms with E-state index in [-0.39, 0.29) is 16.5 Å². The van der Waals surface area contributed by atoms with Crippen LogP contribution in [0.25, 0.3) is 0 Å². The lowest BCUT2D eigenvalue weighted by Crippen LogP contribution is -2.34. The van der Waals surface area contributed by atoms with Crippen molar-refractivity contribution in [1.82, 2.24) is 5.32 Å². The summed E-state index contributed by atoms with van der Waals surface area (Å²) in [6.07, 6.45) is 0.843. The fourth-order valence-corrected chi connectivity index (χ4v) is 3.27. The Morgan fingerprint density at radius 3 is 2.60 bits per heavy atom. The van der Waals surface area contributed by atoms with Gasteiger partial charge in [0.05, 0.1) is 12.0 Å². The molecule has 8 heteroatoms. The van der Waals surface area contributed by atoms with Crippen molar-refractivity contribution >= 4 is 27.3 Å². The molecule has 1 amide bonds. The summed E-state index contributed by atoms with van der Waals surface area (Å²) in [6, 6.07) is 3.18. The molecule has 1 rings (SSSR count). The topological polar surface area (TPSA) is 98.5 Å². The predicted molar refractivity (Wildman–Crippen MR) is 78.1 cm³/mol. The van der Waals surface area contributed by atoms with Gasteiger partial charge in [-0.25, -0.2) is 13.6 Å². The van der Waals surface area contributed by atoms with Crippen LogP contribution in [-0.2, 0) is 26.0 Å². The van der Waals surface area contributed by atoms with Gasteiger partial charge in [-0.3, -0.25) is 4.79 Å². The second-order valence-corrected chi connectivity index (χ2v) is 7.96. The first-order chi connectivity index (χ1) is 9.14. The average molecular weight is 320 g/mol. The summed E-state index contributed by atoms with van der Waals surface area (Å²) in [5.41, 5.74) is -0.492. The summed E-state index contributed by atoms with van der Waals surface area (Å²) in [7, 11) is -2.07. The Morgan fingerprint density at radius 1 is 1.45 bits per heavy atom. The van der Waals surface area contributed by atoms with E-state index in [1.54, 1.807) is 13.2 Å². The highest BCUT2D eigenvalue weighted by Crippen LogP contribution is 2.20. The van der Waals surface area contributed by atoms with Crippen molar-refractivity contribution in [1.29, 1.82) is 0 Å².